The molecule has 0 spiro atoms. The van der Waals surface area contributed by atoms with Gasteiger partial charge >= 0.3 is 0 Å². The van der Waals surface area contributed by atoms with Gasteiger partial charge in [-0.2, -0.15) is 0 Å². The van der Waals surface area contributed by atoms with Crippen LogP contribution in [0, 0.1) is 0 Å². The Morgan fingerprint density at radius 2 is 1.95 bits per heavy atom. The number of piperazine rings is 1. The Balaban J connectivity index is 1.64. The molecule has 1 saturated heterocycles. The lowest BCUT2D eigenvalue weighted by molar-refractivity contribution is 0.652. The Morgan fingerprint density at radius 3 is 2.60 bits per heavy atom. The maximum Gasteiger partial charge on any atom is 0.185 e. The number of aromatic nitrogens is 1. The second-order valence-corrected chi connectivity index (χ2v) is 6.30. The highest BCUT2D eigenvalue weighted by Crippen LogP contribution is 2.25. The van der Waals surface area contributed by atoms with E-state index in [1.54, 1.807) is 11.3 Å². The summed E-state index contributed by atoms with van der Waals surface area (Å²) < 4.78 is 0. The smallest absolute Gasteiger partial charge is 0.185 e. The topological polar surface area (TPSA) is 45.4 Å². The van der Waals surface area contributed by atoms with E-state index >= 15 is 0 Å². The molecule has 1 aromatic carbocycles. The Kier molecular flexibility index (Phi) is 4.10. The standard InChI is InChI=1S/C14H17ClN4S/c15-11-2-1-3-12(8-11)18-4-6-19(7-5-18)14-17-10-13(9-16)20-14/h1-3,8,10H,4-7,9,16H2. The molecule has 0 unspecified atom stereocenters. The van der Waals surface area contributed by atoms with Crippen molar-refractivity contribution < 1.29 is 0 Å². The van der Waals surface area contributed by atoms with Crippen molar-refractivity contribution in [1.29, 1.82) is 0 Å². The van der Waals surface area contributed by atoms with Gasteiger partial charge in [-0.3, -0.25) is 0 Å². The normalized spacial score (nSPS) is 15.7. The number of thiazole rings is 1. The minimum absolute atomic E-state index is 0.570. The van der Waals surface area contributed by atoms with Crippen molar-refractivity contribution in [3.05, 3.63) is 40.4 Å². The van der Waals surface area contributed by atoms with Gasteiger partial charge in [0.1, 0.15) is 0 Å². The fraction of sp³-hybridized carbons (Fsp3) is 0.357. The van der Waals surface area contributed by atoms with E-state index in [1.807, 2.05) is 24.4 Å². The van der Waals surface area contributed by atoms with Crippen LogP contribution in [0.2, 0.25) is 5.02 Å². The Labute approximate surface area is 127 Å². The summed E-state index contributed by atoms with van der Waals surface area (Å²) in [4.78, 5) is 10.3. The number of hydrogen-bond acceptors (Lipinski definition) is 5. The highest BCUT2D eigenvalue weighted by atomic mass is 35.5. The maximum absolute atomic E-state index is 6.05. The van der Waals surface area contributed by atoms with E-state index in [1.165, 1.54) is 5.69 Å². The first-order valence-corrected chi connectivity index (χ1v) is 7.86. The molecule has 0 radical (unpaired) electrons. The number of halogens is 1. The van der Waals surface area contributed by atoms with Crippen molar-refractivity contribution >= 4 is 33.8 Å². The number of benzene rings is 1. The number of hydrogen-bond donors (Lipinski definition) is 1. The molecule has 2 aromatic rings. The summed E-state index contributed by atoms with van der Waals surface area (Å²) in [5.41, 5.74) is 6.83. The van der Waals surface area contributed by atoms with Crippen LogP contribution in [-0.4, -0.2) is 31.2 Å². The van der Waals surface area contributed by atoms with Crippen LogP contribution in [0.3, 0.4) is 0 Å². The van der Waals surface area contributed by atoms with Crippen LogP contribution in [-0.2, 0) is 6.54 Å². The van der Waals surface area contributed by atoms with Crippen LogP contribution in [0.25, 0.3) is 0 Å². The fourth-order valence-corrected chi connectivity index (χ4v) is 3.39. The van der Waals surface area contributed by atoms with Crippen LogP contribution in [0.1, 0.15) is 4.88 Å². The minimum atomic E-state index is 0.570. The molecular weight excluding hydrogens is 292 g/mol. The summed E-state index contributed by atoms with van der Waals surface area (Å²) in [6.07, 6.45) is 1.88. The fourth-order valence-electron chi connectivity index (χ4n) is 2.37. The summed E-state index contributed by atoms with van der Waals surface area (Å²) in [7, 11) is 0. The van der Waals surface area contributed by atoms with Gasteiger partial charge in [0.05, 0.1) is 0 Å². The molecule has 0 atom stereocenters. The van der Waals surface area contributed by atoms with E-state index in [4.69, 9.17) is 17.3 Å². The average Bonchev–Trinajstić information content (AvgIpc) is 2.96. The minimum Gasteiger partial charge on any atom is -0.368 e. The van der Waals surface area contributed by atoms with E-state index in [0.29, 0.717) is 6.54 Å². The van der Waals surface area contributed by atoms with Gasteiger partial charge in [0.15, 0.2) is 5.13 Å². The Hall–Kier alpha value is -1.30. The molecule has 1 fully saturated rings. The zero-order chi connectivity index (χ0) is 13.9. The number of nitrogens with two attached hydrogens (primary N) is 1. The molecule has 4 nitrogen and oxygen atoms in total. The summed E-state index contributed by atoms with van der Waals surface area (Å²) in [5, 5.41) is 1.87. The highest BCUT2D eigenvalue weighted by Gasteiger charge is 2.19. The van der Waals surface area contributed by atoms with Crippen molar-refractivity contribution in [2.75, 3.05) is 36.0 Å². The lowest BCUT2D eigenvalue weighted by atomic mass is 10.2. The lowest BCUT2D eigenvalue weighted by Crippen LogP contribution is -2.46. The van der Waals surface area contributed by atoms with E-state index in [2.05, 4.69) is 20.9 Å². The average molecular weight is 309 g/mol. The first kappa shape index (κ1) is 13.7. The Bertz CT molecular complexity index is 578. The summed E-state index contributed by atoms with van der Waals surface area (Å²) in [5.74, 6) is 0. The summed E-state index contributed by atoms with van der Waals surface area (Å²) >= 11 is 7.74. The van der Waals surface area contributed by atoms with Gasteiger partial charge in [0, 0.05) is 54.5 Å². The number of nitrogens with zero attached hydrogens (tertiary/aromatic N) is 3. The third-order valence-electron chi connectivity index (χ3n) is 3.47. The second kappa shape index (κ2) is 5.99. The molecule has 1 aliphatic rings. The first-order valence-electron chi connectivity index (χ1n) is 6.66. The monoisotopic (exact) mass is 308 g/mol. The summed E-state index contributed by atoms with van der Waals surface area (Å²) in [6.45, 7) is 4.49. The molecule has 20 heavy (non-hydrogen) atoms. The van der Waals surface area contributed by atoms with Crippen molar-refractivity contribution in [1.82, 2.24) is 4.98 Å². The van der Waals surface area contributed by atoms with Crippen molar-refractivity contribution in [3.63, 3.8) is 0 Å². The first-order chi connectivity index (χ1) is 9.76. The van der Waals surface area contributed by atoms with Gasteiger partial charge < -0.3 is 15.5 Å². The van der Waals surface area contributed by atoms with Gasteiger partial charge in [0.25, 0.3) is 0 Å². The zero-order valence-electron chi connectivity index (χ0n) is 11.1. The zero-order valence-corrected chi connectivity index (χ0v) is 12.7. The molecule has 6 heteroatoms. The molecule has 106 valence electrons. The van der Waals surface area contributed by atoms with Crippen molar-refractivity contribution in [2.24, 2.45) is 5.73 Å². The van der Waals surface area contributed by atoms with E-state index in [-0.39, 0.29) is 0 Å². The second-order valence-electron chi connectivity index (χ2n) is 4.77. The molecule has 1 aromatic heterocycles. The van der Waals surface area contributed by atoms with E-state index in [0.717, 1.165) is 41.2 Å². The van der Waals surface area contributed by atoms with Crippen LogP contribution in [0.5, 0.6) is 0 Å². The molecular formula is C14H17ClN4S. The van der Waals surface area contributed by atoms with Gasteiger partial charge in [-0.25, -0.2) is 4.98 Å². The molecule has 0 aliphatic carbocycles. The highest BCUT2D eigenvalue weighted by molar-refractivity contribution is 7.15. The van der Waals surface area contributed by atoms with Crippen molar-refractivity contribution in [3.8, 4) is 0 Å². The predicted octanol–water partition coefficient (Wildman–Crippen LogP) is 2.58. The maximum atomic E-state index is 6.05. The van der Waals surface area contributed by atoms with Crippen molar-refractivity contribution in [2.45, 2.75) is 6.54 Å². The molecule has 0 bridgehead atoms. The predicted molar refractivity (Wildman–Crippen MR) is 85.9 cm³/mol. The van der Waals surface area contributed by atoms with Gasteiger partial charge in [0.2, 0.25) is 0 Å². The van der Waals surface area contributed by atoms with Gasteiger partial charge in [-0.05, 0) is 18.2 Å². The lowest BCUT2D eigenvalue weighted by Gasteiger charge is -2.36. The number of anilines is 2. The molecule has 3 rings (SSSR count). The van der Waals surface area contributed by atoms with E-state index in [9.17, 15) is 0 Å². The third-order valence-corrected chi connectivity index (χ3v) is 4.78. The molecule has 0 saturated carbocycles. The SMILES string of the molecule is NCc1cnc(N2CCN(c3cccc(Cl)c3)CC2)s1. The Morgan fingerprint density at radius 1 is 1.20 bits per heavy atom. The van der Waals surface area contributed by atoms with Crippen LogP contribution < -0.4 is 15.5 Å². The molecule has 1 aliphatic heterocycles. The quantitative estimate of drug-likeness (QED) is 0.946. The molecule has 2 heterocycles. The van der Waals surface area contributed by atoms with E-state index < -0.39 is 0 Å². The molecule has 0 amide bonds. The molecule has 2 N–H and O–H groups in total. The van der Waals surface area contributed by atoms with Crippen LogP contribution >= 0.6 is 22.9 Å². The van der Waals surface area contributed by atoms with Gasteiger partial charge in [-0.15, -0.1) is 11.3 Å². The van der Waals surface area contributed by atoms with Crippen LogP contribution in [0.15, 0.2) is 30.5 Å². The summed E-state index contributed by atoms with van der Waals surface area (Å²) in [6, 6.07) is 8.04. The third kappa shape index (κ3) is 2.90. The van der Waals surface area contributed by atoms with Crippen LogP contribution in [0.4, 0.5) is 10.8 Å². The largest absolute Gasteiger partial charge is 0.368 e. The van der Waals surface area contributed by atoms with Gasteiger partial charge in [-0.1, -0.05) is 17.7 Å². The number of rotatable bonds is 3.